The average molecular weight is 515 g/mol. The highest BCUT2D eigenvalue weighted by Gasteiger charge is 2.37. The van der Waals surface area contributed by atoms with Gasteiger partial charge in [0.05, 0.1) is 23.8 Å². The van der Waals surface area contributed by atoms with Crippen LogP contribution in [-0.2, 0) is 39.6 Å². The van der Waals surface area contributed by atoms with Crippen molar-refractivity contribution in [1.29, 1.82) is 0 Å². The number of halogens is 6. The summed E-state index contributed by atoms with van der Waals surface area (Å²) in [6, 6.07) is 6.11. The summed E-state index contributed by atoms with van der Waals surface area (Å²) in [5.41, 5.74) is -0.926. The van der Waals surface area contributed by atoms with E-state index in [1.165, 1.54) is 18.0 Å². The fourth-order valence-corrected chi connectivity index (χ4v) is 3.94. The van der Waals surface area contributed by atoms with E-state index in [-0.39, 0.29) is 12.7 Å². The van der Waals surface area contributed by atoms with Crippen LogP contribution in [0.1, 0.15) is 52.8 Å². The Kier molecular flexibility index (Phi) is 8.00. The third kappa shape index (κ3) is 6.58. The van der Waals surface area contributed by atoms with Gasteiger partial charge in [0.15, 0.2) is 0 Å². The average Bonchev–Trinajstić information content (AvgIpc) is 3.23. The zero-order valence-electron chi connectivity index (χ0n) is 19.4. The maximum absolute atomic E-state index is 13.1. The molecule has 0 fully saturated rings. The molecule has 11 heteroatoms. The van der Waals surface area contributed by atoms with Crippen LogP contribution in [-0.4, -0.2) is 30.6 Å². The number of benzene rings is 2. The molecule has 0 radical (unpaired) electrons. The second-order valence-electron chi connectivity index (χ2n) is 8.18. The van der Waals surface area contributed by atoms with Gasteiger partial charge in [0.25, 0.3) is 0 Å². The Morgan fingerprint density at radius 3 is 2.22 bits per heavy atom. The maximum Gasteiger partial charge on any atom is 0.416 e. The summed E-state index contributed by atoms with van der Waals surface area (Å²) >= 11 is 0. The topological polar surface area (TPSA) is 55.8 Å². The van der Waals surface area contributed by atoms with E-state index in [1.54, 1.807) is 25.1 Å². The van der Waals surface area contributed by atoms with Crippen molar-refractivity contribution in [2.24, 2.45) is 0 Å². The first-order valence-corrected chi connectivity index (χ1v) is 10.9. The monoisotopic (exact) mass is 515 g/mol. The number of carbonyl (C=O) groups excluding carboxylic acids is 2. The second-order valence-corrected chi connectivity index (χ2v) is 8.18. The fourth-order valence-electron chi connectivity index (χ4n) is 3.94. The van der Waals surface area contributed by atoms with E-state index in [4.69, 9.17) is 9.47 Å². The van der Waals surface area contributed by atoms with Crippen molar-refractivity contribution in [1.82, 2.24) is 4.90 Å². The van der Waals surface area contributed by atoms with E-state index in [2.05, 4.69) is 0 Å². The predicted octanol–water partition coefficient (Wildman–Crippen LogP) is 6.56. The molecule has 0 aromatic heterocycles. The third-order valence-electron chi connectivity index (χ3n) is 5.68. The molecular weight excluding hydrogens is 492 g/mol. The van der Waals surface area contributed by atoms with Crippen LogP contribution in [0.15, 0.2) is 42.5 Å². The Morgan fingerprint density at radius 1 is 1.00 bits per heavy atom. The second kappa shape index (κ2) is 10.6. The number of alkyl halides is 6. The van der Waals surface area contributed by atoms with E-state index >= 15 is 0 Å². The Balaban J connectivity index is 1.74. The molecule has 1 atom stereocenters. The van der Waals surface area contributed by atoms with Crippen molar-refractivity contribution in [3.05, 3.63) is 75.9 Å². The lowest BCUT2D eigenvalue weighted by molar-refractivity contribution is -0.143. The number of hydrogen-bond acceptors (Lipinski definition) is 4. The maximum atomic E-state index is 13.1. The van der Waals surface area contributed by atoms with Crippen molar-refractivity contribution in [2.45, 2.75) is 44.8 Å². The molecule has 2 aromatic carbocycles. The number of aryl methyl sites for hydroxylation is 1. The predicted molar refractivity (Wildman–Crippen MR) is 118 cm³/mol. The smallest absolute Gasteiger partial charge is 0.416 e. The number of carbonyl (C=O) groups is 2. The molecule has 0 heterocycles. The van der Waals surface area contributed by atoms with Crippen LogP contribution in [0.3, 0.4) is 0 Å². The van der Waals surface area contributed by atoms with E-state index < -0.39 is 53.8 Å². The molecule has 2 aromatic rings. The van der Waals surface area contributed by atoms with Gasteiger partial charge in [0.1, 0.15) is 6.61 Å². The summed E-state index contributed by atoms with van der Waals surface area (Å²) in [5.74, 6) is -0.501. The molecule has 0 bridgehead atoms. The first kappa shape index (κ1) is 27.1. The highest BCUT2D eigenvalue weighted by molar-refractivity contribution is 5.87. The number of hydrogen-bond donors (Lipinski definition) is 0. The first-order valence-electron chi connectivity index (χ1n) is 10.9. The Labute approximate surface area is 203 Å². The first-order chi connectivity index (χ1) is 16.8. The van der Waals surface area contributed by atoms with Crippen LogP contribution in [0.4, 0.5) is 31.1 Å². The quantitative estimate of drug-likeness (QED) is 0.249. The van der Waals surface area contributed by atoms with Crippen LogP contribution in [0.5, 0.6) is 0 Å². The minimum atomic E-state index is -5.00. The highest BCUT2D eigenvalue weighted by Crippen LogP contribution is 2.38. The van der Waals surface area contributed by atoms with E-state index in [1.807, 2.05) is 6.07 Å². The zero-order valence-corrected chi connectivity index (χ0v) is 19.4. The lowest BCUT2D eigenvalue weighted by Crippen LogP contribution is -2.30. The van der Waals surface area contributed by atoms with Gasteiger partial charge in [-0.2, -0.15) is 26.3 Å². The molecule has 1 aliphatic rings. The van der Waals surface area contributed by atoms with Crippen LogP contribution in [0, 0.1) is 0 Å². The van der Waals surface area contributed by atoms with Gasteiger partial charge in [-0.3, -0.25) is 0 Å². The van der Waals surface area contributed by atoms with Crippen LogP contribution >= 0.6 is 0 Å². The largest absolute Gasteiger partial charge is 0.463 e. The van der Waals surface area contributed by atoms with Crippen LogP contribution < -0.4 is 0 Å². The Hall–Kier alpha value is -3.50. The summed E-state index contributed by atoms with van der Waals surface area (Å²) in [6.07, 6.45) is -6.84. The lowest BCUT2D eigenvalue weighted by Gasteiger charge is -2.25. The molecule has 1 unspecified atom stereocenters. The van der Waals surface area contributed by atoms with Crippen molar-refractivity contribution in [2.75, 3.05) is 13.7 Å². The summed E-state index contributed by atoms with van der Waals surface area (Å²) in [5, 5.41) is 0. The van der Waals surface area contributed by atoms with Gasteiger partial charge < -0.3 is 14.4 Å². The third-order valence-corrected chi connectivity index (χ3v) is 5.68. The molecule has 1 amide bonds. The minimum absolute atomic E-state index is 0.0148. The molecule has 194 valence electrons. The fraction of sp³-hybridized carbons (Fsp3) is 0.360. The van der Waals surface area contributed by atoms with E-state index in [0.29, 0.717) is 30.5 Å². The van der Waals surface area contributed by atoms with Gasteiger partial charge in [-0.1, -0.05) is 12.1 Å². The molecule has 0 aliphatic heterocycles. The van der Waals surface area contributed by atoms with E-state index in [9.17, 15) is 35.9 Å². The number of amides is 1. The normalized spacial score (nSPS) is 15.6. The van der Waals surface area contributed by atoms with Crippen molar-refractivity contribution in [3.8, 4) is 0 Å². The molecule has 0 N–H and O–H groups in total. The molecule has 36 heavy (non-hydrogen) atoms. The van der Waals surface area contributed by atoms with E-state index in [0.717, 1.165) is 11.1 Å². The zero-order chi connectivity index (χ0) is 26.7. The van der Waals surface area contributed by atoms with Crippen molar-refractivity contribution < 1.29 is 45.4 Å². The van der Waals surface area contributed by atoms with Gasteiger partial charge in [-0.15, -0.1) is 0 Å². The van der Waals surface area contributed by atoms with Gasteiger partial charge in [-0.25, -0.2) is 9.59 Å². The number of esters is 1. The Bertz CT molecular complexity index is 1120. The SMILES string of the molecule is CCOC(=O)/C=C/c1ccc2c(c1)C(N(C)C(=O)OCc1cc(C(F)(F)F)cc(C(F)(F)F)c1)CC2. The van der Waals surface area contributed by atoms with Gasteiger partial charge in [-0.05, 0) is 72.4 Å². The summed E-state index contributed by atoms with van der Waals surface area (Å²) in [4.78, 5) is 25.4. The molecule has 1 aliphatic carbocycles. The summed E-state index contributed by atoms with van der Waals surface area (Å²) < 4.78 is 88.3. The molecule has 0 spiro atoms. The standard InChI is InChI=1S/C25H23F6NO4/c1-3-35-22(33)9-5-15-4-6-17-7-8-21(20(17)12-15)32(2)23(34)36-14-16-10-18(24(26,27)28)13-19(11-16)25(29,30)31/h4-6,9-13,21H,3,7-8,14H2,1-2H3/b9-5+. The minimum Gasteiger partial charge on any atom is -0.463 e. The number of rotatable bonds is 6. The van der Waals surface area contributed by atoms with Crippen LogP contribution in [0.2, 0.25) is 0 Å². The summed E-state index contributed by atoms with van der Waals surface area (Å²) in [7, 11) is 1.44. The van der Waals surface area contributed by atoms with Crippen LogP contribution in [0.25, 0.3) is 6.08 Å². The Morgan fingerprint density at radius 2 is 1.64 bits per heavy atom. The number of nitrogens with zero attached hydrogens (tertiary/aromatic N) is 1. The molecule has 3 rings (SSSR count). The van der Waals surface area contributed by atoms with Crippen molar-refractivity contribution >= 4 is 18.1 Å². The number of fused-ring (bicyclic) bond motifs is 1. The van der Waals surface area contributed by atoms with Crippen molar-refractivity contribution in [3.63, 3.8) is 0 Å². The molecule has 5 nitrogen and oxygen atoms in total. The number of ether oxygens (including phenoxy) is 2. The molecule has 0 saturated heterocycles. The highest BCUT2D eigenvalue weighted by atomic mass is 19.4. The molecular formula is C25H23F6NO4. The van der Waals surface area contributed by atoms with Gasteiger partial charge in [0.2, 0.25) is 0 Å². The molecule has 0 saturated carbocycles. The van der Waals surface area contributed by atoms with Gasteiger partial charge >= 0.3 is 24.4 Å². The summed E-state index contributed by atoms with van der Waals surface area (Å²) in [6.45, 7) is 1.15. The van der Waals surface area contributed by atoms with Gasteiger partial charge in [0, 0.05) is 13.1 Å². The lowest BCUT2D eigenvalue weighted by atomic mass is 10.0.